The quantitative estimate of drug-likeness (QED) is 0.685. The molecule has 2 heterocycles. The van der Waals surface area contributed by atoms with Crippen molar-refractivity contribution in [3.05, 3.63) is 35.1 Å². The van der Waals surface area contributed by atoms with Gasteiger partial charge in [-0.2, -0.15) is 9.61 Å². The first kappa shape index (κ1) is 12.6. The van der Waals surface area contributed by atoms with E-state index in [1.54, 1.807) is 0 Å². The van der Waals surface area contributed by atoms with Crippen LogP contribution >= 0.6 is 22.9 Å². The molecule has 0 unspecified atom stereocenters. The average molecular weight is 293 g/mol. The largest absolute Gasteiger partial charge is 0.235 e. The summed E-state index contributed by atoms with van der Waals surface area (Å²) in [6.45, 7) is 6.29. The standard InChI is InChI=1S/C13H13ClN4S/c1-13(2,3)11-15-16-12-18(11)17-10(19-12)8-6-4-5-7-9(8)14/h4-7H,1-3H3. The van der Waals surface area contributed by atoms with Gasteiger partial charge in [0.2, 0.25) is 4.96 Å². The van der Waals surface area contributed by atoms with Gasteiger partial charge in [-0.15, -0.1) is 10.2 Å². The smallest absolute Gasteiger partial charge is 0.186 e. The van der Waals surface area contributed by atoms with E-state index < -0.39 is 0 Å². The molecule has 4 nitrogen and oxygen atoms in total. The number of hydrogen-bond donors (Lipinski definition) is 0. The Bertz CT molecular complexity index is 739. The van der Waals surface area contributed by atoms with Crippen LogP contribution in [0.15, 0.2) is 24.3 Å². The van der Waals surface area contributed by atoms with Crippen LogP contribution in [0.1, 0.15) is 26.6 Å². The third-order valence-electron chi connectivity index (χ3n) is 2.77. The molecule has 0 aliphatic carbocycles. The maximum Gasteiger partial charge on any atom is 0.235 e. The van der Waals surface area contributed by atoms with Crippen LogP contribution in [-0.2, 0) is 5.41 Å². The third-order valence-corrected chi connectivity index (χ3v) is 4.03. The normalized spacial score (nSPS) is 12.2. The van der Waals surface area contributed by atoms with Gasteiger partial charge in [0, 0.05) is 11.0 Å². The summed E-state index contributed by atoms with van der Waals surface area (Å²) in [6.07, 6.45) is 0. The maximum absolute atomic E-state index is 6.20. The van der Waals surface area contributed by atoms with E-state index in [4.69, 9.17) is 11.6 Å². The van der Waals surface area contributed by atoms with E-state index in [9.17, 15) is 0 Å². The second-order valence-corrected chi connectivity index (χ2v) is 6.72. The molecule has 0 saturated heterocycles. The Morgan fingerprint density at radius 1 is 1.16 bits per heavy atom. The molecule has 3 aromatic rings. The molecular formula is C13H13ClN4S. The topological polar surface area (TPSA) is 43.1 Å². The number of hydrogen-bond acceptors (Lipinski definition) is 4. The molecule has 0 bridgehead atoms. The van der Waals surface area contributed by atoms with Crippen molar-refractivity contribution in [1.29, 1.82) is 0 Å². The predicted molar refractivity (Wildman–Crippen MR) is 77.8 cm³/mol. The van der Waals surface area contributed by atoms with Crippen molar-refractivity contribution < 1.29 is 0 Å². The van der Waals surface area contributed by atoms with Gasteiger partial charge in [0.25, 0.3) is 0 Å². The molecule has 19 heavy (non-hydrogen) atoms. The molecular weight excluding hydrogens is 280 g/mol. The summed E-state index contributed by atoms with van der Waals surface area (Å²) in [5.74, 6) is 0.858. The van der Waals surface area contributed by atoms with E-state index in [0.717, 1.165) is 21.4 Å². The minimum atomic E-state index is -0.0920. The maximum atomic E-state index is 6.20. The van der Waals surface area contributed by atoms with E-state index >= 15 is 0 Å². The molecule has 0 aliphatic rings. The van der Waals surface area contributed by atoms with Crippen molar-refractivity contribution in [1.82, 2.24) is 19.8 Å². The van der Waals surface area contributed by atoms with Gasteiger partial charge in [0.05, 0.1) is 5.02 Å². The van der Waals surface area contributed by atoms with Gasteiger partial charge < -0.3 is 0 Å². The van der Waals surface area contributed by atoms with Crippen LogP contribution in [0, 0.1) is 0 Å². The summed E-state index contributed by atoms with van der Waals surface area (Å²) in [7, 11) is 0. The first-order valence-electron chi connectivity index (χ1n) is 5.94. The van der Waals surface area contributed by atoms with Gasteiger partial charge in [-0.25, -0.2) is 0 Å². The fraction of sp³-hybridized carbons (Fsp3) is 0.308. The van der Waals surface area contributed by atoms with E-state index in [-0.39, 0.29) is 5.41 Å². The molecule has 2 aromatic heterocycles. The molecule has 0 fully saturated rings. The van der Waals surface area contributed by atoms with Crippen LogP contribution < -0.4 is 0 Å². The summed E-state index contributed by atoms with van der Waals surface area (Å²) in [4.78, 5) is 0.792. The number of aromatic nitrogens is 4. The molecule has 0 radical (unpaired) electrons. The molecule has 0 saturated carbocycles. The van der Waals surface area contributed by atoms with Crippen LogP contribution in [0.5, 0.6) is 0 Å². The Kier molecular flexibility index (Phi) is 2.83. The molecule has 0 aliphatic heterocycles. The highest BCUT2D eigenvalue weighted by atomic mass is 35.5. The van der Waals surface area contributed by atoms with Crippen LogP contribution in [0.4, 0.5) is 0 Å². The Labute approximate surface area is 120 Å². The van der Waals surface area contributed by atoms with Gasteiger partial charge in [0.1, 0.15) is 5.01 Å². The zero-order chi connectivity index (χ0) is 13.6. The van der Waals surface area contributed by atoms with Gasteiger partial charge in [-0.1, -0.05) is 61.9 Å². The van der Waals surface area contributed by atoms with Crippen molar-refractivity contribution in [2.75, 3.05) is 0 Å². The lowest BCUT2D eigenvalue weighted by atomic mass is 9.96. The van der Waals surface area contributed by atoms with E-state index in [1.165, 1.54) is 11.3 Å². The van der Waals surface area contributed by atoms with Gasteiger partial charge in [-0.3, -0.25) is 0 Å². The molecule has 0 amide bonds. The monoisotopic (exact) mass is 292 g/mol. The first-order chi connectivity index (χ1) is 8.97. The first-order valence-corrected chi connectivity index (χ1v) is 7.14. The van der Waals surface area contributed by atoms with Gasteiger partial charge in [-0.05, 0) is 6.07 Å². The number of halogens is 1. The third kappa shape index (κ3) is 2.13. The molecule has 6 heteroatoms. The molecule has 1 aromatic carbocycles. The van der Waals surface area contributed by atoms with Crippen LogP contribution in [-0.4, -0.2) is 19.8 Å². The fourth-order valence-corrected chi connectivity index (χ4v) is 2.99. The highest BCUT2D eigenvalue weighted by molar-refractivity contribution is 7.19. The highest BCUT2D eigenvalue weighted by Crippen LogP contribution is 2.32. The summed E-state index contributed by atoms with van der Waals surface area (Å²) in [5.41, 5.74) is 0.838. The minimum absolute atomic E-state index is 0.0920. The molecule has 98 valence electrons. The second-order valence-electron chi connectivity index (χ2n) is 5.36. The SMILES string of the molecule is CC(C)(C)c1nnc2sc(-c3ccccc3Cl)nn12. The van der Waals surface area contributed by atoms with Crippen LogP contribution in [0.25, 0.3) is 15.5 Å². The predicted octanol–water partition coefficient (Wildman–Crippen LogP) is 3.80. The van der Waals surface area contributed by atoms with Crippen molar-refractivity contribution in [2.24, 2.45) is 0 Å². The Balaban J connectivity index is 2.18. The fourth-order valence-electron chi connectivity index (χ4n) is 1.83. The lowest BCUT2D eigenvalue weighted by Crippen LogP contribution is -2.16. The minimum Gasteiger partial charge on any atom is -0.186 e. The number of fused-ring (bicyclic) bond motifs is 1. The van der Waals surface area contributed by atoms with Gasteiger partial charge >= 0.3 is 0 Å². The Hall–Kier alpha value is -1.46. The molecule has 0 spiro atoms. The summed E-state index contributed by atoms with van der Waals surface area (Å²) >= 11 is 7.70. The summed E-state index contributed by atoms with van der Waals surface area (Å²) < 4.78 is 1.81. The van der Waals surface area contributed by atoms with Crippen molar-refractivity contribution >= 4 is 27.9 Å². The average Bonchev–Trinajstić information content (AvgIpc) is 2.86. The van der Waals surface area contributed by atoms with Gasteiger partial charge in [0.15, 0.2) is 5.82 Å². The number of benzene rings is 1. The lowest BCUT2D eigenvalue weighted by molar-refractivity contribution is 0.528. The zero-order valence-corrected chi connectivity index (χ0v) is 12.5. The summed E-state index contributed by atoms with van der Waals surface area (Å²) in [6, 6.07) is 7.69. The highest BCUT2D eigenvalue weighted by Gasteiger charge is 2.23. The number of rotatable bonds is 1. The molecule has 0 N–H and O–H groups in total. The second kappa shape index (κ2) is 4.28. The zero-order valence-electron chi connectivity index (χ0n) is 10.9. The summed E-state index contributed by atoms with van der Waals surface area (Å²) in [5, 5.41) is 14.6. The van der Waals surface area contributed by atoms with Crippen molar-refractivity contribution in [2.45, 2.75) is 26.2 Å². The lowest BCUT2D eigenvalue weighted by Gasteiger charge is -2.13. The van der Waals surface area contributed by atoms with E-state index in [0.29, 0.717) is 5.02 Å². The van der Waals surface area contributed by atoms with E-state index in [1.807, 2.05) is 28.8 Å². The Morgan fingerprint density at radius 2 is 1.89 bits per heavy atom. The van der Waals surface area contributed by atoms with E-state index in [2.05, 4.69) is 36.1 Å². The molecule has 3 rings (SSSR count). The van der Waals surface area contributed by atoms with Crippen LogP contribution in [0.3, 0.4) is 0 Å². The number of nitrogens with zero attached hydrogens (tertiary/aromatic N) is 4. The van der Waals surface area contributed by atoms with Crippen molar-refractivity contribution in [3.63, 3.8) is 0 Å². The van der Waals surface area contributed by atoms with Crippen LogP contribution in [0.2, 0.25) is 5.02 Å². The molecule has 0 atom stereocenters. The van der Waals surface area contributed by atoms with Crippen molar-refractivity contribution in [3.8, 4) is 10.6 Å². The Morgan fingerprint density at radius 3 is 2.58 bits per heavy atom.